The average Bonchev–Trinajstić information content (AvgIpc) is 3.89. The molecule has 11 rings (SSSR count). The van der Waals surface area contributed by atoms with Crippen LogP contribution in [0.5, 0.6) is 0 Å². The van der Waals surface area contributed by atoms with Gasteiger partial charge in [0.05, 0.1) is 16.6 Å². The largest absolute Gasteiger partial charge is 0.314 e. The lowest BCUT2D eigenvalue weighted by Gasteiger charge is -2.21. The number of nitrogens with zero attached hydrogens (tertiary/aromatic N) is 5. The summed E-state index contributed by atoms with van der Waals surface area (Å²) in [5.74, 6) is 1.90. The van der Waals surface area contributed by atoms with Crippen LogP contribution in [0.4, 0.5) is 0 Å². The highest BCUT2D eigenvalue weighted by molar-refractivity contribution is 6.13. The maximum absolute atomic E-state index is 5.09. The third-order valence-electron chi connectivity index (χ3n) is 13.0. The fourth-order valence-corrected chi connectivity index (χ4v) is 9.91. The lowest BCUT2D eigenvalue weighted by atomic mass is 9.82. The summed E-state index contributed by atoms with van der Waals surface area (Å²) in [6, 6.07) is 56.3. The molecule has 0 amide bonds. The molecule has 1 aliphatic carbocycles. The SMILES string of the molecule is C=Cc1c(C)n(C(=C)/C=C\C)c2ccc(-c3ccc4c(c3)c3cc5c(cc3n4-c3cccc(-c4nc(-c6ccccc6)nc(-c6ccccc6)n4)c3)C(C)(C)c3ccccc3-5)cc12. The Kier molecular flexibility index (Phi) is 8.84. The van der Waals surface area contributed by atoms with E-state index in [1.165, 1.54) is 33.0 Å². The van der Waals surface area contributed by atoms with Crippen molar-refractivity contribution in [1.29, 1.82) is 0 Å². The molecular weight excluding hydrogens is 767 g/mol. The van der Waals surface area contributed by atoms with Gasteiger partial charge in [-0.15, -0.1) is 0 Å². The maximum Gasteiger partial charge on any atom is 0.164 e. The van der Waals surface area contributed by atoms with Gasteiger partial charge in [0.15, 0.2) is 17.5 Å². The number of hydrogen-bond acceptors (Lipinski definition) is 3. The van der Waals surface area contributed by atoms with Gasteiger partial charge in [-0.3, -0.25) is 0 Å². The van der Waals surface area contributed by atoms with E-state index in [1.807, 2.05) is 79.7 Å². The molecule has 5 nitrogen and oxygen atoms in total. The average molecular weight is 812 g/mol. The van der Waals surface area contributed by atoms with Crippen molar-refractivity contribution >= 4 is 44.5 Å². The van der Waals surface area contributed by atoms with E-state index in [2.05, 4.69) is 146 Å². The summed E-state index contributed by atoms with van der Waals surface area (Å²) >= 11 is 0. The molecule has 0 bridgehead atoms. The van der Waals surface area contributed by atoms with Gasteiger partial charge in [0.25, 0.3) is 0 Å². The van der Waals surface area contributed by atoms with Gasteiger partial charge in [0, 0.05) is 60.9 Å². The van der Waals surface area contributed by atoms with E-state index in [0.717, 1.165) is 72.4 Å². The first-order valence-electron chi connectivity index (χ1n) is 21.5. The van der Waals surface area contributed by atoms with Crippen LogP contribution in [-0.4, -0.2) is 24.1 Å². The van der Waals surface area contributed by atoms with Crippen molar-refractivity contribution in [2.45, 2.75) is 33.1 Å². The van der Waals surface area contributed by atoms with Crippen molar-refractivity contribution in [1.82, 2.24) is 24.1 Å². The summed E-state index contributed by atoms with van der Waals surface area (Å²) in [6.07, 6.45) is 6.05. The van der Waals surface area contributed by atoms with Crippen LogP contribution in [0.3, 0.4) is 0 Å². The molecule has 0 saturated heterocycles. The summed E-state index contributed by atoms with van der Waals surface area (Å²) in [7, 11) is 0. The number of aromatic nitrogens is 5. The lowest BCUT2D eigenvalue weighted by molar-refractivity contribution is 0.661. The van der Waals surface area contributed by atoms with Crippen molar-refractivity contribution in [3.8, 4) is 62.1 Å². The molecule has 0 N–H and O–H groups in total. The minimum absolute atomic E-state index is 0.161. The van der Waals surface area contributed by atoms with E-state index in [-0.39, 0.29) is 5.41 Å². The Morgan fingerprint density at radius 3 is 1.79 bits per heavy atom. The third-order valence-corrected chi connectivity index (χ3v) is 13.0. The minimum Gasteiger partial charge on any atom is -0.314 e. The molecule has 0 unspecified atom stereocenters. The number of rotatable bonds is 8. The van der Waals surface area contributed by atoms with E-state index in [9.17, 15) is 0 Å². The van der Waals surface area contributed by atoms with Gasteiger partial charge in [-0.25, -0.2) is 15.0 Å². The Bertz CT molecular complexity index is 3470. The van der Waals surface area contributed by atoms with E-state index >= 15 is 0 Å². The van der Waals surface area contributed by atoms with Crippen molar-refractivity contribution < 1.29 is 0 Å². The van der Waals surface area contributed by atoms with Gasteiger partial charge in [-0.1, -0.05) is 148 Å². The van der Waals surface area contributed by atoms with E-state index in [1.54, 1.807) is 0 Å². The van der Waals surface area contributed by atoms with Crippen LogP contribution >= 0.6 is 0 Å². The van der Waals surface area contributed by atoms with Crippen LogP contribution in [0.2, 0.25) is 0 Å². The molecule has 3 aromatic heterocycles. The summed E-state index contributed by atoms with van der Waals surface area (Å²) < 4.78 is 4.65. The summed E-state index contributed by atoms with van der Waals surface area (Å²) in [4.78, 5) is 15.1. The van der Waals surface area contributed by atoms with E-state index in [4.69, 9.17) is 15.0 Å². The molecule has 302 valence electrons. The van der Waals surface area contributed by atoms with Crippen LogP contribution in [0.1, 0.15) is 43.2 Å². The number of allylic oxidation sites excluding steroid dienone is 3. The van der Waals surface area contributed by atoms with Gasteiger partial charge in [-0.05, 0) is 102 Å². The van der Waals surface area contributed by atoms with Crippen LogP contribution in [0, 0.1) is 6.92 Å². The molecule has 5 heteroatoms. The van der Waals surface area contributed by atoms with Crippen LogP contribution < -0.4 is 0 Å². The first-order valence-corrected chi connectivity index (χ1v) is 21.5. The summed E-state index contributed by atoms with van der Waals surface area (Å²) in [5.41, 5.74) is 17.8. The predicted molar refractivity (Wildman–Crippen MR) is 264 cm³/mol. The molecular formula is C58H45N5. The smallest absolute Gasteiger partial charge is 0.164 e. The Labute approximate surface area is 367 Å². The van der Waals surface area contributed by atoms with Gasteiger partial charge < -0.3 is 9.13 Å². The van der Waals surface area contributed by atoms with Crippen molar-refractivity contribution in [2.75, 3.05) is 0 Å². The monoisotopic (exact) mass is 811 g/mol. The van der Waals surface area contributed by atoms with Gasteiger partial charge in [0.1, 0.15) is 0 Å². The molecule has 3 heterocycles. The maximum atomic E-state index is 5.09. The fraction of sp³-hybridized carbons (Fsp3) is 0.0862. The molecule has 0 atom stereocenters. The summed E-state index contributed by atoms with van der Waals surface area (Å²) in [5, 5.41) is 3.56. The zero-order valence-electron chi connectivity index (χ0n) is 35.9. The predicted octanol–water partition coefficient (Wildman–Crippen LogP) is 14.9. The Hall–Kier alpha value is -7.89. The third kappa shape index (κ3) is 6.03. The van der Waals surface area contributed by atoms with Gasteiger partial charge in [-0.2, -0.15) is 0 Å². The topological polar surface area (TPSA) is 48.5 Å². The standard InChI is InChI=1S/C58H45N5/c1-7-18-36(3)62-37(4)44(8-2)47-32-40(27-29-52(47)62)41-28-30-53-48(33-41)49-34-46-45-25-15-16-26-50(45)58(5,6)51(46)35-54(49)63(53)43-24-17-23-42(31-43)57-60-55(38-19-11-9-12-20-38)59-56(61-57)39-21-13-10-14-22-39/h7-35H,2-3H2,1,4-6H3/b18-7-. The Balaban J connectivity index is 1.13. The van der Waals surface area contributed by atoms with Gasteiger partial charge >= 0.3 is 0 Å². The first kappa shape index (κ1) is 38.1. The first-order chi connectivity index (χ1) is 30.7. The van der Waals surface area contributed by atoms with E-state index in [0.29, 0.717) is 17.5 Å². The fourth-order valence-electron chi connectivity index (χ4n) is 9.91. The highest BCUT2D eigenvalue weighted by atomic mass is 15.0. The molecule has 0 spiro atoms. The lowest BCUT2D eigenvalue weighted by Crippen LogP contribution is -2.14. The molecule has 0 aliphatic heterocycles. The highest BCUT2D eigenvalue weighted by Gasteiger charge is 2.36. The number of hydrogen-bond donors (Lipinski definition) is 0. The highest BCUT2D eigenvalue weighted by Crippen LogP contribution is 2.51. The second-order valence-electron chi connectivity index (χ2n) is 17.0. The molecule has 10 aromatic rings. The minimum atomic E-state index is -0.161. The second-order valence-corrected chi connectivity index (χ2v) is 17.0. The Morgan fingerprint density at radius 2 is 1.13 bits per heavy atom. The molecule has 63 heavy (non-hydrogen) atoms. The second kappa shape index (κ2) is 14.6. The zero-order valence-corrected chi connectivity index (χ0v) is 35.9. The zero-order chi connectivity index (χ0) is 43.0. The van der Waals surface area contributed by atoms with E-state index < -0.39 is 0 Å². The summed E-state index contributed by atoms with van der Waals surface area (Å²) in [6.45, 7) is 17.5. The molecule has 0 saturated carbocycles. The quantitative estimate of drug-likeness (QED) is 0.144. The number of fused-ring (bicyclic) bond motifs is 7. The molecule has 0 fully saturated rings. The van der Waals surface area contributed by atoms with Gasteiger partial charge in [0.2, 0.25) is 0 Å². The Morgan fingerprint density at radius 1 is 0.540 bits per heavy atom. The molecule has 7 aromatic carbocycles. The number of benzene rings is 7. The molecule has 0 radical (unpaired) electrons. The van der Waals surface area contributed by atoms with Crippen LogP contribution in [0.15, 0.2) is 183 Å². The van der Waals surface area contributed by atoms with Crippen molar-refractivity contribution in [3.05, 3.63) is 205 Å². The molecule has 1 aliphatic rings. The van der Waals surface area contributed by atoms with Crippen molar-refractivity contribution in [2.24, 2.45) is 0 Å². The van der Waals surface area contributed by atoms with Crippen LogP contribution in [-0.2, 0) is 5.41 Å². The normalized spacial score (nSPS) is 13.0. The van der Waals surface area contributed by atoms with Crippen LogP contribution in [0.25, 0.3) is 107 Å². The van der Waals surface area contributed by atoms with Crippen molar-refractivity contribution in [3.63, 3.8) is 0 Å².